The van der Waals surface area contributed by atoms with E-state index in [-0.39, 0.29) is 0 Å². The molecule has 0 unspecified atom stereocenters. The normalized spacial score (nSPS) is 11.4. The third kappa shape index (κ3) is 3.52. The maximum Gasteiger partial charge on any atom is 0.124 e. The molecule has 0 amide bonds. The van der Waals surface area contributed by atoms with Crippen LogP contribution in [0.25, 0.3) is 11.0 Å². The zero-order valence-electron chi connectivity index (χ0n) is 10.6. The lowest BCUT2D eigenvalue weighted by Crippen LogP contribution is -2.03. The van der Waals surface area contributed by atoms with Gasteiger partial charge in [-0.1, -0.05) is 23.2 Å². The molecule has 2 aromatic rings. The zero-order chi connectivity index (χ0) is 13.8. The van der Waals surface area contributed by atoms with Crippen molar-refractivity contribution in [2.45, 2.75) is 25.3 Å². The lowest BCUT2D eigenvalue weighted by atomic mass is 10.3. The highest BCUT2D eigenvalue weighted by Gasteiger charge is 2.12. The third-order valence-electron chi connectivity index (χ3n) is 2.97. The average molecular weight is 338 g/mol. The molecule has 0 spiro atoms. The van der Waals surface area contributed by atoms with Gasteiger partial charge in [0.2, 0.25) is 0 Å². The van der Waals surface area contributed by atoms with Crippen LogP contribution >= 0.6 is 46.6 Å². The van der Waals surface area contributed by atoms with E-state index in [2.05, 4.69) is 15.8 Å². The number of aryl methyl sites for hydroxylation is 1. The molecule has 0 radical (unpaired) electrons. The van der Waals surface area contributed by atoms with E-state index < -0.39 is 0 Å². The van der Waals surface area contributed by atoms with Gasteiger partial charge >= 0.3 is 0 Å². The predicted molar refractivity (Wildman–Crippen MR) is 86.9 cm³/mol. The van der Waals surface area contributed by atoms with E-state index in [1.807, 2.05) is 17.8 Å². The second-order valence-electron chi connectivity index (χ2n) is 4.27. The number of fused-ring (bicyclic) bond motifs is 1. The first-order chi connectivity index (χ1) is 9.17. The van der Waals surface area contributed by atoms with E-state index in [0.29, 0.717) is 15.9 Å². The largest absolute Gasteiger partial charge is 0.327 e. The molecule has 0 fully saturated rings. The Morgan fingerprint density at radius 1 is 1.21 bits per heavy atom. The van der Waals surface area contributed by atoms with Crippen molar-refractivity contribution in [2.75, 3.05) is 12.0 Å². The van der Waals surface area contributed by atoms with E-state index in [0.717, 1.165) is 29.8 Å². The molecule has 19 heavy (non-hydrogen) atoms. The van der Waals surface area contributed by atoms with Crippen molar-refractivity contribution in [1.82, 2.24) is 9.55 Å². The summed E-state index contributed by atoms with van der Waals surface area (Å²) in [7, 11) is 0. The Morgan fingerprint density at radius 2 is 1.95 bits per heavy atom. The lowest BCUT2D eigenvalue weighted by molar-refractivity contribution is 0.631. The van der Waals surface area contributed by atoms with Crippen molar-refractivity contribution in [3.63, 3.8) is 0 Å². The molecule has 1 heterocycles. The Bertz CT molecular complexity index is 569. The number of hydrogen-bond acceptors (Lipinski definition) is 2. The Hall–Kier alpha value is -0.0900. The van der Waals surface area contributed by atoms with Crippen LogP contribution in [0.5, 0.6) is 0 Å². The molecular weight excluding hydrogens is 323 g/mol. The van der Waals surface area contributed by atoms with Gasteiger partial charge in [0.05, 0.1) is 27.0 Å². The molecule has 6 heteroatoms. The van der Waals surface area contributed by atoms with Crippen LogP contribution in [0.1, 0.15) is 18.7 Å². The maximum absolute atomic E-state index is 6.09. The van der Waals surface area contributed by atoms with E-state index >= 15 is 0 Å². The number of nitrogens with zero attached hydrogens (tertiary/aromatic N) is 2. The quantitative estimate of drug-likeness (QED) is 0.531. The summed E-state index contributed by atoms with van der Waals surface area (Å²) < 4.78 is 2.14. The Morgan fingerprint density at radius 3 is 2.63 bits per heavy atom. The first-order valence-electron chi connectivity index (χ1n) is 6.06. The molecule has 0 aliphatic rings. The van der Waals surface area contributed by atoms with Gasteiger partial charge in [-0.05, 0) is 37.0 Å². The monoisotopic (exact) mass is 336 g/mol. The minimum atomic E-state index is 0.395. The number of aromatic nitrogens is 2. The van der Waals surface area contributed by atoms with E-state index in [1.165, 1.54) is 12.2 Å². The number of alkyl halides is 1. The van der Waals surface area contributed by atoms with E-state index in [4.69, 9.17) is 34.8 Å². The van der Waals surface area contributed by atoms with Gasteiger partial charge in [0.15, 0.2) is 0 Å². The standard InChI is InChI=1S/C13H15Cl3N2S/c1-19-5-3-2-4-18-12-7-10(16)9(15)6-11(12)17-13(18)8-14/h6-7H,2-5,8H2,1H3. The summed E-state index contributed by atoms with van der Waals surface area (Å²) in [4.78, 5) is 4.51. The van der Waals surface area contributed by atoms with Gasteiger partial charge in [-0.25, -0.2) is 4.98 Å². The summed E-state index contributed by atoms with van der Waals surface area (Å²) >= 11 is 19.9. The number of hydrogen-bond donors (Lipinski definition) is 0. The third-order valence-corrected chi connectivity index (χ3v) is 4.63. The fourth-order valence-corrected chi connectivity index (χ4v) is 3.05. The highest BCUT2D eigenvalue weighted by atomic mass is 35.5. The lowest BCUT2D eigenvalue weighted by Gasteiger charge is -2.07. The highest BCUT2D eigenvalue weighted by Crippen LogP contribution is 2.29. The minimum Gasteiger partial charge on any atom is -0.327 e. The summed E-state index contributed by atoms with van der Waals surface area (Å²) in [6, 6.07) is 3.67. The Balaban J connectivity index is 2.31. The molecule has 0 saturated carbocycles. The first kappa shape index (κ1) is 15.3. The first-order valence-corrected chi connectivity index (χ1v) is 8.75. The van der Waals surface area contributed by atoms with Crippen LogP contribution in [0.4, 0.5) is 0 Å². The van der Waals surface area contributed by atoms with Gasteiger partial charge in [0, 0.05) is 6.54 Å². The number of unbranched alkanes of at least 4 members (excludes halogenated alkanes) is 1. The van der Waals surface area contributed by atoms with Crippen molar-refractivity contribution in [1.29, 1.82) is 0 Å². The smallest absolute Gasteiger partial charge is 0.124 e. The van der Waals surface area contributed by atoms with Gasteiger partial charge in [0.25, 0.3) is 0 Å². The molecule has 0 saturated heterocycles. The summed E-state index contributed by atoms with van der Waals surface area (Å²) in [6.07, 6.45) is 4.42. The average Bonchev–Trinajstić information content (AvgIpc) is 2.73. The summed E-state index contributed by atoms with van der Waals surface area (Å²) in [5, 5.41) is 1.09. The predicted octanol–water partition coefficient (Wildman–Crippen LogP) is 5.23. The van der Waals surface area contributed by atoms with Gasteiger partial charge < -0.3 is 4.57 Å². The summed E-state index contributed by atoms with van der Waals surface area (Å²) in [6.45, 7) is 0.914. The topological polar surface area (TPSA) is 17.8 Å². The summed E-state index contributed by atoms with van der Waals surface area (Å²) in [5.41, 5.74) is 1.86. The fourth-order valence-electron chi connectivity index (χ4n) is 2.04. The van der Waals surface area contributed by atoms with Crippen molar-refractivity contribution in [2.24, 2.45) is 0 Å². The number of imidazole rings is 1. The maximum atomic E-state index is 6.09. The van der Waals surface area contributed by atoms with Crippen LogP contribution in [0, 0.1) is 0 Å². The van der Waals surface area contributed by atoms with Gasteiger partial charge in [-0.15, -0.1) is 11.6 Å². The van der Waals surface area contributed by atoms with Gasteiger partial charge in [-0.3, -0.25) is 0 Å². The molecule has 0 aliphatic carbocycles. The second kappa shape index (κ2) is 7.07. The molecule has 0 atom stereocenters. The van der Waals surface area contributed by atoms with Crippen LogP contribution in [0.15, 0.2) is 12.1 Å². The summed E-state index contributed by atoms with van der Waals surface area (Å²) in [5.74, 6) is 2.45. The van der Waals surface area contributed by atoms with Crippen molar-refractivity contribution in [3.8, 4) is 0 Å². The Labute approximate surface area is 132 Å². The molecule has 0 aliphatic heterocycles. The fraction of sp³-hybridized carbons (Fsp3) is 0.462. The van der Waals surface area contributed by atoms with Crippen LogP contribution in [0.2, 0.25) is 10.0 Å². The van der Waals surface area contributed by atoms with Crippen LogP contribution < -0.4 is 0 Å². The van der Waals surface area contributed by atoms with Crippen LogP contribution in [-0.4, -0.2) is 21.6 Å². The highest BCUT2D eigenvalue weighted by molar-refractivity contribution is 7.98. The molecule has 1 aromatic carbocycles. The SMILES string of the molecule is CSCCCCn1c(CCl)nc2cc(Cl)c(Cl)cc21. The molecule has 0 bridgehead atoms. The minimum absolute atomic E-state index is 0.395. The molecule has 2 nitrogen and oxygen atoms in total. The molecule has 0 N–H and O–H groups in total. The molecule has 2 rings (SSSR count). The van der Waals surface area contributed by atoms with Gasteiger partial charge in [-0.2, -0.15) is 11.8 Å². The van der Waals surface area contributed by atoms with Crippen LogP contribution in [-0.2, 0) is 12.4 Å². The number of halogens is 3. The second-order valence-corrected chi connectivity index (χ2v) is 6.34. The van der Waals surface area contributed by atoms with Gasteiger partial charge in [0.1, 0.15) is 5.82 Å². The Kier molecular flexibility index (Phi) is 5.70. The van der Waals surface area contributed by atoms with E-state index in [1.54, 1.807) is 6.07 Å². The number of rotatable bonds is 6. The number of thioether (sulfide) groups is 1. The molecule has 1 aromatic heterocycles. The van der Waals surface area contributed by atoms with E-state index in [9.17, 15) is 0 Å². The number of benzene rings is 1. The molecule has 104 valence electrons. The molecular formula is C13H15Cl3N2S. The zero-order valence-corrected chi connectivity index (χ0v) is 13.7. The van der Waals surface area contributed by atoms with Crippen molar-refractivity contribution >= 4 is 57.6 Å². The van der Waals surface area contributed by atoms with Crippen LogP contribution in [0.3, 0.4) is 0 Å². The van der Waals surface area contributed by atoms with Crippen molar-refractivity contribution in [3.05, 3.63) is 28.0 Å². The van der Waals surface area contributed by atoms with Crippen molar-refractivity contribution < 1.29 is 0 Å².